The molecule has 26 heavy (non-hydrogen) atoms. The Balaban J connectivity index is 2.04. The summed E-state index contributed by atoms with van der Waals surface area (Å²) in [5.74, 6) is -0.302. The molecule has 0 fully saturated rings. The lowest BCUT2D eigenvalue weighted by Crippen LogP contribution is -2.47. The number of nitrogens with zero attached hydrogens (tertiary/aromatic N) is 1. The number of rotatable bonds is 3. The number of quaternary nitrogens is 1. The number of pyridine rings is 2. The summed E-state index contributed by atoms with van der Waals surface area (Å²) in [5.41, 5.74) is 7.70. The Kier molecular flexibility index (Phi) is 4.07. The molecule has 0 radical (unpaired) electrons. The standard InChI is InChI=1S/C21H16FN3O/c22-18-10-14(6-7-15(18)12-23)20-16(13-4-2-1-3-5-13)11-17-19(25-20)8-9-24-21(17)26/h1-11H,12,23H2,(H,24,26)/p+1. The Bertz CT molecular complexity index is 1150. The molecule has 4 N–H and O–H groups in total. The zero-order chi connectivity index (χ0) is 18.1. The molecule has 0 aliphatic carbocycles. The topological polar surface area (TPSA) is 73.4 Å². The second kappa shape index (κ2) is 6.54. The van der Waals surface area contributed by atoms with Gasteiger partial charge >= 0.3 is 0 Å². The lowest BCUT2D eigenvalue weighted by Gasteiger charge is -2.12. The molecule has 0 saturated carbocycles. The monoisotopic (exact) mass is 346 g/mol. The molecular formula is C21H17FN3O+. The molecule has 128 valence electrons. The summed E-state index contributed by atoms with van der Waals surface area (Å²) in [6, 6.07) is 18.3. The maximum atomic E-state index is 14.3. The van der Waals surface area contributed by atoms with Crippen LogP contribution >= 0.6 is 0 Å². The second-order valence-electron chi connectivity index (χ2n) is 6.05. The third-order valence-electron chi connectivity index (χ3n) is 4.43. The van der Waals surface area contributed by atoms with Crippen molar-refractivity contribution >= 4 is 10.9 Å². The smallest absolute Gasteiger partial charge is 0.257 e. The van der Waals surface area contributed by atoms with Gasteiger partial charge in [-0.1, -0.05) is 36.4 Å². The predicted octanol–water partition coefficient (Wildman–Crippen LogP) is 3.14. The molecule has 0 bridgehead atoms. The maximum Gasteiger partial charge on any atom is 0.257 e. The highest BCUT2D eigenvalue weighted by molar-refractivity contribution is 5.91. The van der Waals surface area contributed by atoms with Crippen molar-refractivity contribution in [2.75, 3.05) is 0 Å². The van der Waals surface area contributed by atoms with E-state index in [1.165, 1.54) is 6.07 Å². The van der Waals surface area contributed by atoms with Gasteiger partial charge in [0.15, 0.2) is 0 Å². The van der Waals surface area contributed by atoms with Crippen molar-refractivity contribution in [1.29, 1.82) is 0 Å². The van der Waals surface area contributed by atoms with Crippen LogP contribution in [0, 0.1) is 5.82 Å². The van der Waals surface area contributed by atoms with E-state index in [-0.39, 0.29) is 11.4 Å². The molecule has 4 nitrogen and oxygen atoms in total. The molecule has 0 amide bonds. The summed E-state index contributed by atoms with van der Waals surface area (Å²) in [5, 5.41) is 0.505. The van der Waals surface area contributed by atoms with Crippen LogP contribution in [0.5, 0.6) is 0 Å². The third-order valence-corrected chi connectivity index (χ3v) is 4.43. The molecule has 4 rings (SSSR count). The first-order valence-electron chi connectivity index (χ1n) is 8.33. The van der Waals surface area contributed by atoms with E-state index in [0.29, 0.717) is 34.3 Å². The van der Waals surface area contributed by atoms with Crippen molar-refractivity contribution in [2.24, 2.45) is 0 Å². The lowest BCUT2D eigenvalue weighted by molar-refractivity contribution is -0.386. The Labute approximate surface area is 149 Å². The summed E-state index contributed by atoms with van der Waals surface area (Å²) in [6.07, 6.45) is 1.57. The molecule has 4 aromatic rings. The molecular weight excluding hydrogens is 329 g/mol. The molecule has 0 unspecified atom stereocenters. The first kappa shape index (κ1) is 16.2. The van der Waals surface area contributed by atoms with Gasteiger partial charge in [-0.05, 0) is 29.8 Å². The highest BCUT2D eigenvalue weighted by atomic mass is 19.1. The molecule has 0 aliphatic rings. The van der Waals surface area contributed by atoms with Crippen LogP contribution in [0.15, 0.2) is 71.7 Å². The average Bonchev–Trinajstić information content (AvgIpc) is 2.68. The van der Waals surface area contributed by atoms with E-state index in [2.05, 4.69) is 15.7 Å². The van der Waals surface area contributed by atoms with Crippen LogP contribution in [-0.4, -0.2) is 9.97 Å². The van der Waals surface area contributed by atoms with Crippen LogP contribution in [0.4, 0.5) is 4.39 Å². The van der Waals surface area contributed by atoms with Crippen molar-refractivity contribution in [3.05, 3.63) is 88.6 Å². The molecule has 0 atom stereocenters. The van der Waals surface area contributed by atoms with E-state index in [1.54, 1.807) is 18.3 Å². The van der Waals surface area contributed by atoms with Crippen molar-refractivity contribution in [3.8, 4) is 22.4 Å². The quantitative estimate of drug-likeness (QED) is 0.598. The molecule has 2 aromatic carbocycles. The number of hydrogen-bond donors (Lipinski definition) is 2. The predicted molar refractivity (Wildman–Crippen MR) is 99.8 cm³/mol. The van der Waals surface area contributed by atoms with Gasteiger partial charge in [0, 0.05) is 22.9 Å². The first-order valence-corrected chi connectivity index (χ1v) is 8.33. The zero-order valence-electron chi connectivity index (χ0n) is 14.0. The van der Waals surface area contributed by atoms with Crippen molar-refractivity contribution < 1.29 is 10.1 Å². The molecule has 2 heterocycles. The Morgan fingerprint density at radius 1 is 1.00 bits per heavy atom. The van der Waals surface area contributed by atoms with Crippen molar-refractivity contribution in [1.82, 2.24) is 9.97 Å². The van der Waals surface area contributed by atoms with Gasteiger partial charge in [-0.15, -0.1) is 0 Å². The number of halogens is 1. The molecule has 0 spiro atoms. The Hall–Kier alpha value is -3.31. The SMILES string of the molecule is [NH3+]Cc1ccc(-c2nc3cc[nH]c(=O)c3cc2-c2ccccc2)cc1F. The van der Waals surface area contributed by atoms with Crippen LogP contribution < -0.4 is 11.3 Å². The number of aromatic amines is 1. The highest BCUT2D eigenvalue weighted by Gasteiger charge is 2.14. The fraction of sp³-hybridized carbons (Fsp3) is 0.0476. The van der Waals surface area contributed by atoms with Crippen LogP contribution in [-0.2, 0) is 6.54 Å². The Morgan fingerprint density at radius 3 is 2.54 bits per heavy atom. The largest absolute Gasteiger partial charge is 0.354 e. The van der Waals surface area contributed by atoms with Crippen molar-refractivity contribution in [2.45, 2.75) is 6.54 Å². The van der Waals surface area contributed by atoms with Gasteiger partial charge in [0.25, 0.3) is 5.56 Å². The zero-order valence-corrected chi connectivity index (χ0v) is 14.0. The summed E-state index contributed by atoms with van der Waals surface area (Å²) >= 11 is 0. The summed E-state index contributed by atoms with van der Waals surface area (Å²) < 4.78 is 14.3. The molecule has 0 saturated heterocycles. The molecule has 2 aromatic heterocycles. The maximum absolute atomic E-state index is 14.3. The highest BCUT2D eigenvalue weighted by Crippen LogP contribution is 2.33. The lowest BCUT2D eigenvalue weighted by atomic mass is 9.97. The minimum atomic E-state index is -0.302. The van der Waals surface area contributed by atoms with Crippen LogP contribution in [0.1, 0.15) is 5.56 Å². The summed E-state index contributed by atoms with van der Waals surface area (Å²) in [4.78, 5) is 19.5. The fourth-order valence-electron chi connectivity index (χ4n) is 3.07. The Morgan fingerprint density at radius 2 is 1.81 bits per heavy atom. The molecule has 5 heteroatoms. The van der Waals surface area contributed by atoms with Gasteiger partial charge in [0.1, 0.15) is 12.4 Å². The van der Waals surface area contributed by atoms with Crippen LogP contribution in [0.3, 0.4) is 0 Å². The van der Waals surface area contributed by atoms with Gasteiger partial charge in [-0.3, -0.25) is 4.79 Å². The number of benzene rings is 2. The van der Waals surface area contributed by atoms with Gasteiger partial charge in [0.05, 0.1) is 16.6 Å². The number of nitrogens with one attached hydrogen (secondary N) is 1. The van der Waals surface area contributed by atoms with E-state index in [4.69, 9.17) is 0 Å². The van der Waals surface area contributed by atoms with E-state index >= 15 is 0 Å². The minimum absolute atomic E-state index is 0.197. The van der Waals surface area contributed by atoms with Gasteiger partial charge < -0.3 is 10.7 Å². The van der Waals surface area contributed by atoms with Crippen LogP contribution in [0.25, 0.3) is 33.3 Å². The first-order chi connectivity index (χ1) is 12.7. The number of fused-ring (bicyclic) bond motifs is 1. The fourth-order valence-corrected chi connectivity index (χ4v) is 3.07. The van der Waals surface area contributed by atoms with Gasteiger partial charge in [-0.25, -0.2) is 9.37 Å². The van der Waals surface area contributed by atoms with Crippen LogP contribution in [0.2, 0.25) is 0 Å². The second-order valence-corrected chi connectivity index (χ2v) is 6.05. The van der Waals surface area contributed by atoms with E-state index in [9.17, 15) is 9.18 Å². The minimum Gasteiger partial charge on any atom is -0.354 e. The van der Waals surface area contributed by atoms with E-state index < -0.39 is 0 Å². The number of aromatic nitrogens is 2. The number of H-pyrrole nitrogens is 1. The number of hydrogen-bond acceptors (Lipinski definition) is 2. The van der Waals surface area contributed by atoms with Gasteiger partial charge in [0.2, 0.25) is 0 Å². The normalized spacial score (nSPS) is 11.0. The third kappa shape index (κ3) is 2.78. The summed E-state index contributed by atoms with van der Waals surface area (Å²) in [6.45, 7) is 0.387. The van der Waals surface area contributed by atoms with E-state index in [0.717, 1.165) is 11.1 Å². The average molecular weight is 346 g/mol. The summed E-state index contributed by atoms with van der Waals surface area (Å²) in [7, 11) is 0. The molecule has 0 aliphatic heterocycles. The van der Waals surface area contributed by atoms with E-state index in [1.807, 2.05) is 42.5 Å². The van der Waals surface area contributed by atoms with Crippen molar-refractivity contribution in [3.63, 3.8) is 0 Å². The van der Waals surface area contributed by atoms with Gasteiger partial charge in [-0.2, -0.15) is 0 Å².